The molecule has 4 N–H and O–H groups in total. The molecule has 1 atom stereocenters. The molecule has 0 amide bonds. The quantitative estimate of drug-likeness (QED) is 0.767. The Kier molecular flexibility index (Phi) is 2.58. The van der Waals surface area contributed by atoms with Crippen molar-refractivity contribution >= 4 is 26.8 Å². The summed E-state index contributed by atoms with van der Waals surface area (Å²) in [6.07, 6.45) is 1.20. The molecule has 0 spiro atoms. The van der Waals surface area contributed by atoms with Crippen molar-refractivity contribution in [2.75, 3.05) is 6.54 Å². The third-order valence-electron chi connectivity index (χ3n) is 2.26. The van der Waals surface area contributed by atoms with E-state index in [0.29, 0.717) is 0 Å². The van der Waals surface area contributed by atoms with Crippen LogP contribution in [0.5, 0.6) is 0 Å². The van der Waals surface area contributed by atoms with E-state index < -0.39 is 6.10 Å². The van der Waals surface area contributed by atoms with E-state index in [1.165, 1.54) is 0 Å². The Bertz CT molecular complexity index is 452. The van der Waals surface area contributed by atoms with Crippen LogP contribution in [0, 0.1) is 0 Å². The van der Waals surface area contributed by atoms with Crippen molar-refractivity contribution in [3.8, 4) is 0 Å². The number of hydrogen-bond donors (Lipinski definition) is 3. The van der Waals surface area contributed by atoms with Gasteiger partial charge in [0.15, 0.2) is 0 Å². The van der Waals surface area contributed by atoms with E-state index in [2.05, 4.69) is 20.9 Å². The molecule has 0 saturated carbocycles. The van der Waals surface area contributed by atoms with Crippen molar-refractivity contribution in [2.45, 2.75) is 6.10 Å². The summed E-state index contributed by atoms with van der Waals surface area (Å²) in [7, 11) is 0. The van der Waals surface area contributed by atoms with Gasteiger partial charge < -0.3 is 15.8 Å². The number of aliphatic hydroxyl groups excluding tert-OH is 1. The molecule has 1 aromatic heterocycles. The van der Waals surface area contributed by atoms with Gasteiger partial charge in [0.05, 0.1) is 6.10 Å². The summed E-state index contributed by atoms with van der Waals surface area (Å²) in [4.78, 5) is 3.09. The average molecular weight is 255 g/mol. The summed E-state index contributed by atoms with van der Waals surface area (Å²) < 4.78 is 0.995. The first-order valence-electron chi connectivity index (χ1n) is 4.37. The second-order valence-corrected chi connectivity index (χ2v) is 4.10. The number of halogens is 1. The molecule has 1 aromatic carbocycles. The molecule has 0 bridgehead atoms. The fourth-order valence-electron chi connectivity index (χ4n) is 1.52. The number of hydrogen-bond acceptors (Lipinski definition) is 2. The van der Waals surface area contributed by atoms with E-state index in [-0.39, 0.29) is 6.54 Å². The van der Waals surface area contributed by atoms with Crippen LogP contribution in [-0.4, -0.2) is 16.6 Å². The highest BCUT2D eigenvalue weighted by molar-refractivity contribution is 9.10. The molecule has 14 heavy (non-hydrogen) atoms. The van der Waals surface area contributed by atoms with Crippen LogP contribution >= 0.6 is 15.9 Å². The van der Waals surface area contributed by atoms with Crippen LogP contribution < -0.4 is 5.73 Å². The molecule has 0 aliphatic heterocycles. The number of aromatic nitrogens is 1. The average Bonchev–Trinajstić information content (AvgIpc) is 2.59. The number of rotatable bonds is 2. The standard InChI is InChI=1S/C10H11BrN2O/c11-6-1-2-9-7(3-6)8(5-13-9)10(14)4-12/h1-3,5,10,13-14H,4,12H2/t10-/m0/s1. The number of benzene rings is 1. The molecule has 0 fully saturated rings. The van der Waals surface area contributed by atoms with Gasteiger partial charge in [0, 0.05) is 33.7 Å². The Balaban J connectivity index is 2.61. The first-order valence-corrected chi connectivity index (χ1v) is 5.16. The van der Waals surface area contributed by atoms with Crippen LogP contribution in [0.4, 0.5) is 0 Å². The predicted octanol–water partition coefficient (Wildman–Crippen LogP) is 1.92. The minimum atomic E-state index is -0.599. The highest BCUT2D eigenvalue weighted by Crippen LogP contribution is 2.26. The van der Waals surface area contributed by atoms with Crippen LogP contribution in [0.2, 0.25) is 0 Å². The first kappa shape index (κ1) is 9.71. The zero-order chi connectivity index (χ0) is 10.1. The maximum Gasteiger partial charge on any atom is 0.0932 e. The third-order valence-corrected chi connectivity index (χ3v) is 2.75. The molecule has 2 aromatic rings. The van der Waals surface area contributed by atoms with Crippen LogP contribution in [0.15, 0.2) is 28.9 Å². The van der Waals surface area contributed by atoms with Crippen molar-refractivity contribution in [3.63, 3.8) is 0 Å². The summed E-state index contributed by atoms with van der Waals surface area (Å²) in [6, 6.07) is 5.89. The second kappa shape index (κ2) is 3.73. The van der Waals surface area contributed by atoms with Crippen molar-refractivity contribution < 1.29 is 5.11 Å². The maximum absolute atomic E-state index is 9.65. The fourth-order valence-corrected chi connectivity index (χ4v) is 1.88. The predicted molar refractivity (Wildman–Crippen MR) is 60.0 cm³/mol. The van der Waals surface area contributed by atoms with Gasteiger partial charge in [-0.15, -0.1) is 0 Å². The zero-order valence-corrected chi connectivity index (χ0v) is 9.08. The van der Waals surface area contributed by atoms with E-state index >= 15 is 0 Å². The Labute approximate surface area is 90.1 Å². The summed E-state index contributed by atoms with van der Waals surface area (Å²) >= 11 is 3.40. The van der Waals surface area contributed by atoms with Crippen LogP contribution in [0.3, 0.4) is 0 Å². The Morgan fingerprint density at radius 2 is 2.29 bits per heavy atom. The highest BCUT2D eigenvalue weighted by Gasteiger charge is 2.10. The van der Waals surface area contributed by atoms with Gasteiger partial charge in [0.1, 0.15) is 0 Å². The summed E-state index contributed by atoms with van der Waals surface area (Å²) in [5, 5.41) is 10.7. The van der Waals surface area contributed by atoms with Crippen LogP contribution in [-0.2, 0) is 0 Å². The first-order chi connectivity index (χ1) is 6.72. The molecular weight excluding hydrogens is 244 g/mol. The molecule has 0 unspecified atom stereocenters. The van der Waals surface area contributed by atoms with Crippen LogP contribution in [0.25, 0.3) is 10.9 Å². The van der Waals surface area contributed by atoms with E-state index in [1.54, 1.807) is 6.20 Å². The lowest BCUT2D eigenvalue weighted by molar-refractivity contribution is 0.188. The lowest BCUT2D eigenvalue weighted by Gasteiger charge is -2.05. The molecule has 2 rings (SSSR count). The molecule has 1 heterocycles. The summed E-state index contributed by atoms with van der Waals surface area (Å²) in [5.74, 6) is 0. The fraction of sp³-hybridized carbons (Fsp3) is 0.200. The lowest BCUT2D eigenvalue weighted by Crippen LogP contribution is -2.10. The van der Waals surface area contributed by atoms with Gasteiger partial charge in [-0.25, -0.2) is 0 Å². The van der Waals surface area contributed by atoms with Crippen molar-refractivity contribution in [3.05, 3.63) is 34.4 Å². The second-order valence-electron chi connectivity index (χ2n) is 3.19. The monoisotopic (exact) mass is 254 g/mol. The number of nitrogens with one attached hydrogen (secondary N) is 1. The number of aliphatic hydroxyl groups is 1. The lowest BCUT2D eigenvalue weighted by atomic mass is 10.1. The molecule has 0 saturated heterocycles. The molecule has 74 valence electrons. The topological polar surface area (TPSA) is 62.0 Å². The Morgan fingerprint density at radius 1 is 1.50 bits per heavy atom. The maximum atomic E-state index is 9.65. The van der Waals surface area contributed by atoms with Gasteiger partial charge in [-0.1, -0.05) is 15.9 Å². The minimum absolute atomic E-state index is 0.236. The molecule has 4 heteroatoms. The van der Waals surface area contributed by atoms with Gasteiger partial charge >= 0.3 is 0 Å². The van der Waals surface area contributed by atoms with Crippen molar-refractivity contribution in [1.29, 1.82) is 0 Å². The van der Waals surface area contributed by atoms with Crippen molar-refractivity contribution in [1.82, 2.24) is 4.98 Å². The van der Waals surface area contributed by atoms with Gasteiger partial charge in [-0.3, -0.25) is 0 Å². The van der Waals surface area contributed by atoms with E-state index in [4.69, 9.17) is 5.73 Å². The number of H-pyrrole nitrogens is 1. The van der Waals surface area contributed by atoms with Gasteiger partial charge in [0.2, 0.25) is 0 Å². The largest absolute Gasteiger partial charge is 0.387 e. The zero-order valence-electron chi connectivity index (χ0n) is 7.50. The van der Waals surface area contributed by atoms with Crippen LogP contribution in [0.1, 0.15) is 11.7 Å². The molecule has 0 aliphatic carbocycles. The van der Waals surface area contributed by atoms with E-state index in [1.807, 2.05) is 18.2 Å². The summed E-state index contributed by atoms with van der Waals surface area (Å²) in [5.41, 5.74) is 7.28. The third kappa shape index (κ3) is 1.56. The summed E-state index contributed by atoms with van der Waals surface area (Å²) in [6.45, 7) is 0.236. The normalized spacial score (nSPS) is 13.4. The van der Waals surface area contributed by atoms with Gasteiger partial charge in [-0.2, -0.15) is 0 Å². The van der Waals surface area contributed by atoms with E-state index in [0.717, 1.165) is 20.9 Å². The highest BCUT2D eigenvalue weighted by atomic mass is 79.9. The van der Waals surface area contributed by atoms with Gasteiger partial charge in [0.25, 0.3) is 0 Å². The smallest absolute Gasteiger partial charge is 0.0932 e. The van der Waals surface area contributed by atoms with Crippen molar-refractivity contribution in [2.24, 2.45) is 5.73 Å². The molecule has 0 radical (unpaired) electrons. The van der Waals surface area contributed by atoms with E-state index in [9.17, 15) is 5.11 Å². The molecule has 0 aliphatic rings. The SMILES string of the molecule is NC[C@H](O)c1c[nH]c2ccc(Br)cc12. The Hall–Kier alpha value is -0.840. The minimum Gasteiger partial charge on any atom is -0.387 e. The van der Waals surface area contributed by atoms with Gasteiger partial charge in [-0.05, 0) is 18.2 Å². The molecular formula is C10H11BrN2O. The number of fused-ring (bicyclic) bond motifs is 1. The number of nitrogens with two attached hydrogens (primary N) is 1. The number of aromatic amines is 1. The molecule has 3 nitrogen and oxygen atoms in total. The Morgan fingerprint density at radius 3 is 3.00 bits per heavy atom.